The maximum absolute atomic E-state index is 12.1. The number of Topliss-reactive ketones (excluding diaryl/α,β-unsaturated/α-hetero) is 1. The van der Waals surface area contributed by atoms with Crippen LogP contribution >= 0.6 is 34.8 Å². The van der Waals surface area contributed by atoms with Gasteiger partial charge in [-0.1, -0.05) is 62.5 Å². The van der Waals surface area contributed by atoms with Crippen molar-refractivity contribution in [3.8, 4) is 5.75 Å². The first-order valence-corrected chi connectivity index (χ1v) is 7.94. The van der Waals surface area contributed by atoms with Gasteiger partial charge in [-0.3, -0.25) is 4.79 Å². The molecule has 0 atom stereocenters. The molecule has 0 saturated carbocycles. The van der Waals surface area contributed by atoms with E-state index in [1.165, 1.54) is 6.08 Å². The Bertz CT molecular complexity index is 504. The number of rotatable bonds is 5. The molecule has 21 heavy (non-hydrogen) atoms. The topological polar surface area (TPSA) is 26.3 Å². The number of carbonyl (C=O) groups is 1. The van der Waals surface area contributed by atoms with E-state index in [-0.39, 0.29) is 22.8 Å². The fraction of sp³-hybridized carbons (Fsp3) is 0.438. The third-order valence-electron chi connectivity index (χ3n) is 2.60. The van der Waals surface area contributed by atoms with Crippen LogP contribution in [0.15, 0.2) is 22.7 Å². The molecule has 0 aliphatic heterocycles. The van der Waals surface area contributed by atoms with E-state index in [2.05, 4.69) is 0 Å². The summed E-state index contributed by atoms with van der Waals surface area (Å²) in [5.74, 6) is 0.461. The number of ketones is 1. The second-order valence-electron chi connectivity index (χ2n) is 4.40. The number of carbonyl (C=O) groups excluding carboxylic acids is 1. The first kappa shape index (κ1) is 20.3. The second-order valence-corrected chi connectivity index (χ2v) is 5.82. The lowest BCUT2D eigenvalue weighted by molar-refractivity contribution is 0.0938. The summed E-state index contributed by atoms with van der Waals surface area (Å²) in [5, 5.41) is 0.502. The van der Waals surface area contributed by atoms with Crippen molar-refractivity contribution >= 4 is 40.6 Å². The van der Waals surface area contributed by atoms with Crippen LogP contribution in [0.2, 0.25) is 5.02 Å². The Morgan fingerprint density at radius 3 is 2.33 bits per heavy atom. The minimum Gasteiger partial charge on any atom is -0.489 e. The Labute approximate surface area is 142 Å². The van der Waals surface area contributed by atoms with E-state index in [1.807, 2.05) is 34.6 Å². The van der Waals surface area contributed by atoms with Crippen molar-refractivity contribution in [2.45, 2.75) is 34.6 Å². The van der Waals surface area contributed by atoms with E-state index >= 15 is 0 Å². The monoisotopic (exact) mass is 350 g/mol. The van der Waals surface area contributed by atoms with E-state index in [0.29, 0.717) is 16.3 Å². The van der Waals surface area contributed by atoms with Crippen molar-refractivity contribution in [1.29, 1.82) is 0 Å². The highest BCUT2D eigenvalue weighted by Gasteiger charge is 2.16. The summed E-state index contributed by atoms with van der Waals surface area (Å²) in [6.45, 7) is 9.73. The molecule has 0 saturated heterocycles. The van der Waals surface area contributed by atoms with Crippen molar-refractivity contribution in [1.82, 2.24) is 0 Å². The highest BCUT2D eigenvalue weighted by Crippen LogP contribution is 2.28. The van der Waals surface area contributed by atoms with Gasteiger partial charge in [-0.2, -0.15) is 0 Å². The van der Waals surface area contributed by atoms with Gasteiger partial charge in [-0.25, -0.2) is 0 Å². The first-order valence-electron chi connectivity index (χ1n) is 6.81. The Morgan fingerprint density at radius 2 is 1.86 bits per heavy atom. The minimum atomic E-state index is -0.0952. The zero-order valence-corrected chi connectivity index (χ0v) is 15.2. The van der Waals surface area contributed by atoms with Crippen LogP contribution in [0.1, 0.15) is 43.6 Å². The Balaban J connectivity index is 0.00000191. The van der Waals surface area contributed by atoms with Gasteiger partial charge in [-0.05, 0) is 30.7 Å². The van der Waals surface area contributed by atoms with Crippen molar-refractivity contribution in [2.75, 3.05) is 6.61 Å². The van der Waals surface area contributed by atoms with E-state index in [0.717, 1.165) is 5.56 Å². The third-order valence-corrected chi connectivity index (χ3v) is 3.30. The summed E-state index contributed by atoms with van der Waals surface area (Å²) >= 11 is 17.1. The lowest BCUT2D eigenvalue weighted by Gasteiger charge is -2.12. The predicted octanol–water partition coefficient (Wildman–Crippen LogP) is 6.21. The van der Waals surface area contributed by atoms with Gasteiger partial charge in [0.05, 0.1) is 0 Å². The molecule has 1 aromatic carbocycles. The van der Waals surface area contributed by atoms with Gasteiger partial charge in [0, 0.05) is 16.5 Å². The van der Waals surface area contributed by atoms with Crippen LogP contribution in [-0.2, 0) is 0 Å². The molecule has 1 rings (SSSR count). The highest BCUT2D eigenvalue weighted by molar-refractivity contribution is 6.55. The first-order chi connectivity index (χ1) is 9.82. The average molecular weight is 352 g/mol. The van der Waals surface area contributed by atoms with Crippen LogP contribution < -0.4 is 4.74 Å². The van der Waals surface area contributed by atoms with Gasteiger partial charge in [0.25, 0.3) is 0 Å². The number of hydrogen-bond acceptors (Lipinski definition) is 2. The Hall–Kier alpha value is -0.700. The van der Waals surface area contributed by atoms with Crippen molar-refractivity contribution in [3.05, 3.63) is 38.8 Å². The van der Waals surface area contributed by atoms with Gasteiger partial charge >= 0.3 is 0 Å². The fourth-order valence-electron chi connectivity index (χ4n) is 1.51. The van der Waals surface area contributed by atoms with E-state index in [4.69, 9.17) is 39.5 Å². The van der Waals surface area contributed by atoms with Crippen molar-refractivity contribution in [3.63, 3.8) is 0 Å². The summed E-state index contributed by atoms with van der Waals surface area (Å²) in [4.78, 5) is 12.1. The molecule has 0 spiro atoms. The van der Waals surface area contributed by atoms with Crippen LogP contribution in [0.4, 0.5) is 0 Å². The molecule has 0 fully saturated rings. The van der Waals surface area contributed by atoms with Gasteiger partial charge in [0.1, 0.15) is 16.8 Å². The molecule has 0 N–H and O–H groups in total. The third kappa shape index (κ3) is 6.73. The summed E-state index contributed by atoms with van der Waals surface area (Å²) in [6.07, 6.45) is 1.51. The molecule has 118 valence electrons. The summed E-state index contributed by atoms with van der Waals surface area (Å²) in [6, 6.07) is 3.36. The highest BCUT2D eigenvalue weighted by atomic mass is 35.5. The van der Waals surface area contributed by atoms with Crippen LogP contribution in [0.25, 0.3) is 0 Å². The molecule has 0 radical (unpaired) electrons. The largest absolute Gasteiger partial charge is 0.489 e. The minimum absolute atomic E-state index is 0.0377. The molecule has 0 amide bonds. The predicted molar refractivity (Wildman–Crippen MR) is 92.0 cm³/mol. The number of ether oxygens (including phenoxy) is 1. The SMILES string of the molecule is CC.Cc1c(Cl)cc(OCC=C(Cl)Cl)cc1C(=O)C(C)C. The maximum atomic E-state index is 12.1. The second kappa shape index (κ2) is 10.1. The molecule has 5 heteroatoms. The molecule has 0 aromatic heterocycles. The summed E-state index contributed by atoms with van der Waals surface area (Å²) in [5.41, 5.74) is 1.34. The standard InChI is InChI=1S/C14H15Cl3O2.C2H6/c1-8(2)14(18)11-6-10(7-12(15)9(11)3)19-5-4-13(16)17;1-2/h4,6-8H,5H2,1-3H3;1-2H3. The van der Waals surface area contributed by atoms with E-state index in [1.54, 1.807) is 12.1 Å². The molecule has 0 bridgehead atoms. The molecule has 0 unspecified atom stereocenters. The average Bonchev–Trinajstić information content (AvgIpc) is 2.43. The molecule has 2 nitrogen and oxygen atoms in total. The van der Waals surface area contributed by atoms with Gasteiger partial charge in [0.2, 0.25) is 0 Å². The van der Waals surface area contributed by atoms with E-state index < -0.39 is 0 Å². The maximum Gasteiger partial charge on any atom is 0.165 e. The summed E-state index contributed by atoms with van der Waals surface area (Å²) in [7, 11) is 0. The van der Waals surface area contributed by atoms with Gasteiger partial charge < -0.3 is 4.74 Å². The number of hydrogen-bond donors (Lipinski definition) is 0. The van der Waals surface area contributed by atoms with Gasteiger partial charge in [0.15, 0.2) is 5.78 Å². The van der Waals surface area contributed by atoms with Crippen LogP contribution in [-0.4, -0.2) is 12.4 Å². The zero-order valence-electron chi connectivity index (χ0n) is 13.0. The van der Waals surface area contributed by atoms with Crippen molar-refractivity contribution < 1.29 is 9.53 Å². The smallest absolute Gasteiger partial charge is 0.165 e. The Kier molecular flexibility index (Phi) is 9.76. The number of halogens is 3. The van der Waals surface area contributed by atoms with Gasteiger partial charge in [-0.15, -0.1) is 0 Å². The molecule has 1 aromatic rings. The lowest BCUT2D eigenvalue weighted by atomic mass is 9.97. The lowest BCUT2D eigenvalue weighted by Crippen LogP contribution is -2.10. The quantitative estimate of drug-likeness (QED) is 0.589. The van der Waals surface area contributed by atoms with Crippen molar-refractivity contribution in [2.24, 2.45) is 5.92 Å². The zero-order chi connectivity index (χ0) is 16.6. The van der Waals surface area contributed by atoms with Crippen LogP contribution in [0.3, 0.4) is 0 Å². The molecule has 0 aliphatic rings. The normalized spacial score (nSPS) is 9.76. The molecule has 0 heterocycles. The van der Waals surface area contributed by atoms with Crippen LogP contribution in [0, 0.1) is 12.8 Å². The molecular weight excluding hydrogens is 331 g/mol. The Morgan fingerprint density at radius 1 is 1.29 bits per heavy atom. The summed E-state index contributed by atoms with van der Waals surface area (Å²) < 4.78 is 5.58. The number of benzene rings is 1. The molecule has 0 aliphatic carbocycles. The fourth-order valence-corrected chi connectivity index (χ4v) is 1.84. The molecular formula is C16H21Cl3O2. The van der Waals surface area contributed by atoms with Crippen LogP contribution in [0.5, 0.6) is 5.75 Å². The van der Waals surface area contributed by atoms with E-state index in [9.17, 15) is 4.79 Å².